The van der Waals surface area contributed by atoms with Crippen LogP contribution in [0, 0.1) is 5.41 Å². The van der Waals surface area contributed by atoms with Crippen LogP contribution in [0.15, 0.2) is 28.7 Å². The van der Waals surface area contributed by atoms with Gasteiger partial charge in [-0.2, -0.15) is 0 Å². The predicted octanol–water partition coefficient (Wildman–Crippen LogP) is 4.84. The molecule has 1 rings (SSSR count). The highest BCUT2D eigenvalue weighted by atomic mass is 79.9. The zero-order chi connectivity index (χ0) is 24.9. The van der Waals surface area contributed by atoms with Crippen molar-refractivity contribution in [1.82, 2.24) is 5.32 Å². The lowest BCUT2D eigenvalue weighted by Crippen LogP contribution is -2.43. The number of carbonyl (C=O) groups is 4. The van der Waals surface area contributed by atoms with Crippen molar-refractivity contribution < 1.29 is 23.9 Å². The average Bonchev–Trinajstić information content (AvgIpc) is 2.74. The number of amides is 2. The highest BCUT2D eigenvalue weighted by Crippen LogP contribution is 2.27. The number of hydrogen-bond acceptors (Lipinski definition) is 5. The van der Waals surface area contributed by atoms with E-state index in [4.69, 9.17) is 10.5 Å². The van der Waals surface area contributed by atoms with Crippen molar-refractivity contribution in [1.29, 1.82) is 0 Å². The minimum Gasteiger partial charge on any atom is -0.426 e. The highest BCUT2D eigenvalue weighted by Gasteiger charge is 2.30. The highest BCUT2D eigenvalue weighted by molar-refractivity contribution is 9.10. The summed E-state index contributed by atoms with van der Waals surface area (Å²) in [6.45, 7) is 5.65. The molecule has 33 heavy (non-hydrogen) atoms. The number of rotatable bonds is 16. The van der Waals surface area contributed by atoms with Gasteiger partial charge in [-0.05, 0) is 57.4 Å². The van der Waals surface area contributed by atoms with Crippen LogP contribution in [0.3, 0.4) is 0 Å². The molecule has 0 aliphatic carbocycles. The van der Waals surface area contributed by atoms with Crippen LogP contribution in [0.25, 0.3) is 0 Å². The number of primary amides is 1. The van der Waals surface area contributed by atoms with Crippen LogP contribution in [-0.4, -0.2) is 29.6 Å². The summed E-state index contributed by atoms with van der Waals surface area (Å²) in [5.74, 6) is -1.08. The number of nitrogens with two attached hydrogens (primary N) is 1. The Balaban J connectivity index is 2.52. The normalized spacial score (nSPS) is 12.1. The average molecular weight is 525 g/mol. The predicted molar refractivity (Wildman–Crippen MR) is 132 cm³/mol. The molecule has 0 bridgehead atoms. The number of ether oxygens (including phenoxy) is 1. The summed E-state index contributed by atoms with van der Waals surface area (Å²) < 4.78 is 6.33. The van der Waals surface area contributed by atoms with Gasteiger partial charge in [-0.3, -0.25) is 19.2 Å². The Morgan fingerprint density at radius 2 is 1.64 bits per heavy atom. The maximum absolute atomic E-state index is 12.7. The number of hydrogen-bond donors (Lipinski definition) is 2. The minimum atomic E-state index is -0.927. The van der Waals surface area contributed by atoms with Crippen LogP contribution < -0.4 is 15.8 Å². The monoisotopic (exact) mass is 524 g/mol. The Bertz CT molecular complexity index is 792. The van der Waals surface area contributed by atoms with E-state index >= 15 is 0 Å². The van der Waals surface area contributed by atoms with Gasteiger partial charge in [0.2, 0.25) is 11.8 Å². The van der Waals surface area contributed by atoms with E-state index in [1.807, 2.05) is 0 Å². The maximum Gasteiger partial charge on any atom is 0.316 e. The first-order chi connectivity index (χ1) is 15.5. The first-order valence-electron chi connectivity index (χ1n) is 11.6. The fourth-order valence-corrected chi connectivity index (χ4v) is 3.60. The van der Waals surface area contributed by atoms with Gasteiger partial charge < -0.3 is 15.8 Å². The summed E-state index contributed by atoms with van der Waals surface area (Å²) in [5.41, 5.74) is 4.48. The van der Waals surface area contributed by atoms with Crippen molar-refractivity contribution in [3.05, 3.63) is 28.7 Å². The van der Waals surface area contributed by atoms with E-state index in [1.54, 1.807) is 38.1 Å². The molecule has 2 amide bonds. The fourth-order valence-electron chi connectivity index (χ4n) is 3.33. The molecule has 0 saturated carbocycles. The third-order valence-electron chi connectivity index (χ3n) is 5.44. The number of nitrogens with one attached hydrogen (secondary N) is 1. The number of benzene rings is 1. The van der Waals surface area contributed by atoms with Crippen LogP contribution in [0.4, 0.5) is 0 Å². The number of esters is 1. The van der Waals surface area contributed by atoms with E-state index in [0.717, 1.165) is 36.6 Å². The summed E-state index contributed by atoms with van der Waals surface area (Å²) in [5, 5.41) is 2.66. The van der Waals surface area contributed by atoms with Gasteiger partial charge in [-0.15, -0.1) is 0 Å². The Kier molecular flexibility index (Phi) is 13.0. The standard InChI is InChI=1S/C25H37BrN2O5/c1-4-5-6-7-8-11-23(31)28-20(17-22(27)30)21(29)10-9-16-25(2,3)24(32)33-19-14-12-18(26)13-15-19/h12-15,20H,4-11,16-17H2,1-3H3,(H2,27,30)(H,28,31)/t20-/m1/s1. The molecule has 0 radical (unpaired) electrons. The lowest BCUT2D eigenvalue weighted by atomic mass is 9.86. The molecular formula is C25H37BrN2O5. The molecule has 0 fully saturated rings. The molecule has 1 atom stereocenters. The quantitative estimate of drug-likeness (QED) is 0.182. The molecule has 0 spiro atoms. The molecule has 3 N–H and O–H groups in total. The van der Waals surface area contributed by atoms with Gasteiger partial charge in [0.05, 0.1) is 17.9 Å². The van der Waals surface area contributed by atoms with E-state index < -0.39 is 17.4 Å². The minimum absolute atomic E-state index is 0.129. The van der Waals surface area contributed by atoms with Gasteiger partial charge in [0.25, 0.3) is 0 Å². The second-order valence-corrected chi connectivity index (χ2v) is 9.92. The second kappa shape index (κ2) is 14.8. The summed E-state index contributed by atoms with van der Waals surface area (Å²) in [6, 6.07) is 6.04. The van der Waals surface area contributed by atoms with E-state index in [2.05, 4.69) is 28.2 Å². The third-order valence-corrected chi connectivity index (χ3v) is 5.97. The maximum atomic E-state index is 12.7. The molecule has 0 saturated heterocycles. The smallest absolute Gasteiger partial charge is 0.316 e. The zero-order valence-corrected chi connectivity index (χ0v) is 21.5. The van der Waals surface area contributed by atoms with Crippen molar-refractivity contribution in [3.8, 4) is 5.75 Å². The molecule has 0 unspecified atom stereocenters. The molecule has 0 aromatic heterocycles. The Hall–Kier alpha value is -2.22. The number of halogens is 1. The van der Waals surface area contributed by atoms with Crippen molar-refractivity contribution >= 4 is 39.5 Å². The van der Waals surface area contributed by atoms with E-state index in [1.165, 1.54) is 0 Å². The van der Waals surface area contributed by atoms with E-state index in [9.17, 15) is 19.2 Å². The summed E-state index contributed by atoms with van der Waals surface area (Å²) in [4.78, 5) is 48.8. The van der Waals surface area contributed by atoms with E-state index in [-0.39, 0.29) is 30.5 Å². The van der Waals surface area contributed by atoms with Crippen LogP contribution >= 0.6 is 15.9 Å². The topological polar surface area (TPSA) is 116 Å². The van der Waals surface area contributed by atoms with Gasteiger partial charge in [-0.25, -0.2) is 0 Å². The van der Waals surface area contributed by atoms with Gasteiger partial charge in [0.15, 0.2) is 5.78 Å². The number of carbonyl (C=O) groups excluding carboxylic acids is 4. The summed E-state index contributed by atoms with van der Waals surface area (Å²) in [6.07, 6.45) is 6.11. The van der Waals surface area contributed by atoms with Crippen molar-refractivity contribution in [2.45, 2.75) is 91.0 Å². The van der Waals surface area contributed by atoms with Crippen molar-refractivity contribution in [2.75, 3.05) is 0 Å². The van der Waals surface area contributed by atoms with Gasteiger partial charge in [0.1, 0.15) is 5.75 Å². The first kappa shape index (κ1) is 28.8. The molecule has 1 aromatic carbocycles. The molecule has 0 aliphatic rings. The van der Waals surface area contributed by atoms with Gasteiger partial charge in [0, 0.05) is 17.3 Å². The molecule has 0 aliphatic heterocycles. The number of unbranched alkanes of at least 4 members (excludes halogenated alkanes) is 4. The molecule has 8 heteroatoms. The molecule has 7 nitrogen and oxygen atoms in total. The molecule has 184 valence electrons. The van der Waals surface area contributed by atoms with Crippen LogP contribution in [0.1, 0.15) is 85.0 Å². The van der Waals surface area contributed by atoms with Gasteiger partial charge in [-0.1, -0.05) is 48.5 Å². The zero-order valence-electron chi connectivity index (χ0n) is 20.0. The SMILES string of the molecule is CCCCCCCC(=O)N[C@H](CC(N)=O)C(=O)CCCC(C)(C)C(=O)Oc1ccc(Br)cc1. The summed E-state index contributed by atoms with van der Waals surface area (Å²) >= 11 is 3.33. The number of ketones is 1. The molecule has 0 heterocycles. The van der Waals surface area contributed by atoms with Crippen LogP contribution in [0.5, 0.6) is 5.75 Å². The third kappa shape index (κ3) is 12.0. The molecule has 1 aromatic rings. The Morgan fingerprint density at radius 1 is 1.00 bits per heavy atom. The van der Waals surface area contributed by atoms with Crippen molar-refractivity contribution in [2.24, 2.45) is 11.1 Å². The van der Waals surface area contributed by atoms with Crippen LogP contribution in [0.2, 0.25) is 0 Å². The van der Waals surface area contributed by atoms with E-state index in [0.29, 0.717) is 25.0 Å². The number of Topliss-reactive ketones (excluding diaryl/α,β-unsaturated/α-hetero) is 1. The lowest BCUT2D eigenvalue weighted by molar-refractivity contribution is -0.144. The van der Waals surface area contributed by atoms with Crippen molar-refractivity contribution in [3.63, 3.8) is 0 Å². The second-order valence-electron chi connectivity index (χ2n) is 9.00. The lowest BCUT2D eigenvalue weighted by Gasteiger charge is -2.23. The van der Waals surface area contributed by atoms with Gasteiger partial charge >= 0.3 is 5.97 Å². The fraction of sp³-hybridized carbons (Fsp3) is 0.600. The Morgan fingerprint density at radius 3 is 2.24 bits per heavy atom. The largest absolute Gasteiger partial charge is 0.426 e. The first-order valence-corrected chi connectivity index (χ1v) is 12.4. The Labute approximate surface area is 205 Å². The van der Waals surface area contributed by atoms with Crippen LogP contribution in [-0.2, 0) is 19.2 Å². The molecular weight excluding hydrogens is 488 g/mol. The summed E-state index contributed by atoms with van der Waals surface area (Å²) in [7, 11) is 0.